The molecule has 0 radical (unpaired) electrons. The second kappa shape index (κ2) is 8.32. The van der Waals surface area contributed by atoms with E-state index in [0.717, 1.165) is 0 Å². The van der Waals surface area contributed by atoms with Gasteiger partial charge in [0.15, 0.2) is 0 Å². The van der Waals surface area contributed by atoms with Gasteiger partial charge in [0.2, 0.25) is 33.5 Å². The molecule has 1 aromatic carbocycles. The fourth-order valence-corrected chi connectivity index (χ4v) is 2.27. The Bertz CT molecular complexity index is 1090. The Balaban J connectivity index is 0.000000203. The molecule has 3 rings (SSSR count). The average molecular weight is 406 g/mol. The standard InChI is InChI=1S/C8H6N4O3.C7H8N2O3S/c1-4-11-7(12-15-4)6-9-2-5(3-10-6)8(13)14;8-7(10)5-1-3-6(4-2-5)13(9,11)12/h2-3H,1H3,(H,13,14);1-4H,(H2,8,10)(H2,9,11,12). The van der Waals surface area contributed by atoms with Crippen molar-refractivity contribution in [1.29, 1.82) is 0 Å². The van der Waals surface area contributed by atoms with Crippen LogP contribution in [0.5, 0.6) is 0 Å². The van der Waals surface area contributed by atoms with Crippen LogP contribution in [-0.4, -0.2) is 45.5 Å². The van der Waals surface area contributed by atoms with E-state index in [-0.39, 0.29) is 27.7 Å². The van der Waals surface area contributed by atoms with Gasteiger partial charge in [-0.25, -0.2) is 28.3 Å². The predicted octanol–water partition coefficient (Wildman–Crippen LogP) is -0.0339. The van der Waals surface area contributed by atoms with Crippen molar-refractivity contribution in [3.63, 3.8) is 0 Å². The van der Waals surface area contributed by atoms with Gasteiger partial charge in [0.05, 0.1) is 10.5 Å². The third-order valence-electron chi connectivity index (χ3n) is 3.09. The fourth-order valence-electron chi connectivity index (χ4n) is 1.75. The number of aromatic carboxylic acids is 1. The first-order valence-electron chi connectivity index (χ1n) is 7.36. The molecule has 0 fully saturated rings. The second-order valence-corrected chi connectivity index (χ2v) is 6.73. The number of nitrogens with zero attached hydrogens (tertiary/aromatic N) is 4. The first kappa shape index (κ1) is 20.6. The smallest absolute Gasteiger partial charge is 0.338 e. The van der Waals surface area contributed by atoms with Crippen molar-refractivity contribution in [2.24, 2.45) is 10.9 Å². The number of carboxylic acids is 1. The number of primary amides is 1. The van der Waals surface area contributed by atoms with Gasteiger partial charge in [0.25, 0.3) is 0 Å². The molecule has 2 heterocycles. The zero-order chi connectivity index (χ0) is 20.9. The summed E-state index contributed by atoms with van der Waals surface area (Å²) in [6.45, 7) is 1.64. The highest BCUT2D eigenvalue weighted by molar-refractivity contribution is 7.89. The van der Waals surface area contributed by atoms with E-state index < -0.39 is 21.9 Å². The van der Waals surface area contributed by atoms with Crippen LogP contribution in [0.3, 0.4) is 0 Å². The Morgan fingerprint density at radius 2 is 1.61 bits per heavy atom. The minimum atomic E-state index is -3.70. The van der Waals surface area contributed by atoms with E-state index in [1.54, 1.807) is 6.92 Å². The first-order valence-corrected chi connectivity index (χ1v) is 8.91. The molecule has 0 unspecified atom stereocenters. The minimum Gasteiger partial charge on any atom is -0.478 e. The predicted molar refractivity (Wildman–Crippen MR) is 93.4 cm³/mol. The number of hydrogen-bond acceptors (Lipinski definition) is 9. The van der Waals surface area contributed by atoms with Gasteiger partial charge in [0, 0.05) is 24.9 Å². The Morgan fingerprint density at radius 1 is 1.04 bits per heavy atom. The average Bonchev–Trinajstić information content (AvgIpc) is 3.08. The Hall–Kier alpha value is -3.71. The normalized spacial score (nSPS) is 10.6. The summed E-state index contributed by atoms with van der Waals surface area (Å²) in [6, 6.07) is 5.08. The van der Waals surface area contributed by atoms with Gasteiger partial charge in [-0.2, -0.15) is 4.98 Å². The number of amides is 1. The molecule has 2 aromatic heterocycles. The zero-order valence-electron chi connectivity index (χ0n) is 14.3. The molecule has 28 heavy (non-hydrogen) atoms. The number of sulfonamides is 1. The van der Waals surface area contributed by atoms with Crippen LogP contribution >= 0.6 is 0 Å². The number of nitrogens with two attached hydrogens (primary N) is 2. The zero-order valence-corrected chi connectivity index (χ0v) is 15.1. The van der Waals surface area contributed by atoms with Gasteiger partial charge >= 0.3 is 5.97 Å². The van der Waals surface area contributed by atoms with E-state index in [1.807, 2.05) is 0 Å². The first-order chi connectivity index (χ1) is 13.1. The van der Waals surface area contributed by atoms with Gasteiger partial charge < -0.3 is 15.4 Å². The summed E-state index contributed by atoms with van der Waals surface area (Å²) >= 11 is 0. The molecule has 13 heteroatoms. The summed E-state index contributed by atoms with van der Waals surface area (Å²) in [4.78, 5) is 32.6. The van der Waals surface area contributed by atoms with Crippen LogP contribution in [0.2, 0.25) is 0 Å². The van der Waals surface area contributed by atoms with Crippen LogP contribution < -0.4 is 10.9 Å². The summed E-state index contributed by atoms with van der Waals surface area (Å²) in [6.07, 6.45) is 2.38. The molecule has 12 nitrogen and oxygen atoms in total. The lowest BCUT2D eigenvalue weighted by Crippen LogP contribution is -2.14. The summed E-state index contributed by atoms with van der Waals surface area (Å²) in [7, 11) is -3.70. The Morgan fingerprint density at radius 3 is 2.00 bits per heavy atom. The lowest BCUT2D eigenvalue weighted by molar-refractivity contribution is 0.0695. The maximum absolute atomic E-state index is 10.8. The number of carbonyl (C=O) groups excluding carboxylic acids is 1. The Kier molecular flexibility index (Phi) is 6.12. The van der Waals surface area contributed by atoms with Crippen LogP contribution in [0.25, 0.3) is 11.6 Å². The van der Waals surface area contributed by atoms with E-state index in [2.05, 4.69) is 20.1 Å². The number of aryl methyl sites for hydroxylation is 1. The van der Waals surface area contributed by atoms with E-state index in [1.165, 1.54) is 36.7 Å². The molecule has 0 aliphatic heterocycles. The number of carbonyl (C=O) groups is 2. The van der Waals surface area contributed by atoms with Crippen molar-refractivity contribution in [2.45, 2.75) is 11.8 Å². The molecular weight excluding hydrogens is 392 g/mol. The quantitative estimate of drug-likeness (QED) is 0.527. The van der Waals surface area contributed by atoms with Crippen molar-refractivity contribution < 1.29 is 27.6 Å². The molecule has 5 N–H and O–H groups in total. The second-order valence-electron chi connectivity index (χ2n) is 5.17. The van der Waals surface area contributed by atoms with Crippen LogP contribution in [0.15, 0.2) is 46.1 Å². The summed E-state index contributed by atoms with van der Waals surface area (Å²) in [5, 5.41) is 17.1. The highest BCUT2D eigenvalue weighted by Crippen LogP contribution is 2.09. The number of carboxylic acid groups (broad SMARTS) is 1. The van der Waals surface area contributed by atoms with E-state index in [0.29, 0.717) is 5.89 Å². The third-order valence-corrected chi connectivity index (χ3v) is 4.02. The molecule has 0 aliphatic carbocycles. The largest absolute Gasteiger partial charge is 0.478 e. The van der Waals surface area contributed by atoms with E-state index in [4.69, 9.17) is 20.5 Å². The molecule has 1 amide bonds. The lowest BCUT2D eigenvalue weighted by atomic mass is 10.2. The van der Waals surface area contributed by atoms with Gasteiger partial charge in [-0.05, 0) is 24.3 Å². The third kappa shape index (κ3) is 5.39. The molecule has 0 atom stereocenters. The number of aromatic nitrogens is 4. The van der Waals surface area contributed by atoms with Gasteiger partial charge in [-0.3, -0.25) is 4.79 Å². The van der Waals surface area contributed by atoms with E-state index in [9.17, 15) is 18.0 Å². The van der Waals surface area contributed by atoms with E-state index >= 15 is 0 Å². The van der Waals surface area contributed by atoms with Crippen LogP contribution in [0.1, 0.15) is 26.6 Å². The van der Waals surface area contributed by atoms with Crippen molar-refractivity contribution in [2.75, 3.05) is 0 Å². The van der Waals surface area contributed by atoms with Gasteiger partial charge in [-0.15, -0.1) is 0 Å². The summed E-state index contributed by atoms with van der Waals surface area (Å²) in [5.41, 5.74) is 5.21. The SMILES string of the molecule is Cc1nc(-c2ncc(C(=O)O)cn2)no1.NC(=O)c1ccc(S(N)(=O)=O)cc1. The topological polar surface area (TPSA) is 205 Å². The van der Waals surface area contributed by atoms with Crippen molar-refractivity contribution in [3.8, 4) is 11.6 Å². The highest BCUT2D eigenvalue weighted by Gasteiger charge is 2.10. The molecule has 146 valence electrons. The molecule has 0 bridgehead atoms. The van der Waals surface area contributed by atoms with Crippen LogP contribution in [0.4, 0.5) is 0 Å². The van der Waals surface area contributed by atoms with Crippen molar-refractivity contribution in [3.05, 3.63) is 53.7 Å². The maximum atomic E-state index is 10.8. The molecule has 3 aromatic rings. The fraction of sp³-hybridized carbons (Fsp3) is 0.0667. The number of hydrogen-bond donors (Lipinski definition) is 3. The molecule has 0 spiro atoms. The summed E-state index contributed by atoms with van der Waals surface area (Å²) in [5.74, 6) is -0.816. The number of rotatable bonds is 4. The Labute approximate surface area is 158 Å². The molecule has 0 aliphatic rings. The monoisotopic (exact) mass is 406 g/mol. The molecule has 0 saturated heterocycles. The highest BCUT2D eigenvalue weighted by atomic mass is 32.2. The molecular formula is C15H14N6O6S. The summed E-state index contributed by atoms with van der Waals surface area (Å²) < 4.78 is 26.3. The van der Waals surface area contributed by atoms with Crippen molar-refractivity contribution >= 4 is 21.9 Å². The maximum Gasteiger partial charge on any atom is 0.338 e. The lowest BCUT2D eigenvalue weighted by Gasteiger charge is -1.98. The van der Waals surface area contributed by atoms with Crippen LogP contribution in [-0.2, 0) is 10.0 Å². The molecule has 0 saturated carbocycles. The van der Waals surface area contributed by atoms with Crippen molar-refractivity contribution in [1.82, 2.24) is 20.1 Å². The van der Waals surface area contributed by atoms with Gasteiger partial charge in [-0.1, -0.05) is 5.16 Å². The number of benzene rings is 1. The number of primary sulfonamides is 1. The van der Waals surface area contributed by atoms with Gasteiger partial charge in [0.1, 0.15) is 0 Å². The minimum absolute atomic E-state index is 0.0129. The van der Waals surface area contributed by atoms with Crippen LogP contribution in [0, 0.1) is 6.92 Å².